The zero-order chi connectivity index (χ0) is 13.2. The maximum Gasteiger partial charge on any atom is 0.220 e. The normalized spacial score (nSPS) is 35.4. The fraction of sp³-hybridized carbons (Fsp3) is 0.933. The standard InChI is InChI=1S/C15H28N2O/c1-15(2)8-7-13(10-15)17-14(18)9-11-3-5-12(16)6-4-11/h11-13H,3-10,16H2,1-2H3,(H,17,18). The lowest BCUT2D eigenvalue weighted by molar-refractivity contribution is -0.123. The van der Waals surface area contributed by atoms with Crippen LogP contribution < -0.4 is 11.1 Å². The molecule has 1 unspecified atom stereocenters. The molecule has 104 valence electrons. The first-order valence-corrected chi connectivity index (χ1v) is 7.49. The lowest BCUT2D eigenvalue weighted by atomic mass is 9.84. The SMILES string of the molecule is CC1(C)CCC(NC(=O)CC2CCC(N)CC2)C1. The van der Waals surface area contributed by atoms with E-state index in [4.69, 9.17) is 5.73 Å². The Kier molecular flexibility index (Phi) is 4.31. The van der Waals surface area contributed by atoms with E-state index >= 15 is 0 Å². The second-order valence-corrected chi connectivity index (χ2v) is 7.16. The summed E-state index contributed by atoms with van der Waals surface area (Å²) >= 11 is 0. The van der Waals surface area contributed by atoms with Gasteiger partial charge in [-0.25, -0.2) is 0 Å². The van der Waals surface area contributed by atoms with Crippen molar-refractivity contribution >= 4 is 5.91 Å². The molecule has 2 aliphatic carbocycles. The summed E-state index contributed by atoms with van der Waals surface area (Å²) < 4.78 is 0. The Hall–Kier alpha value is -0.570. The molecule has 0 bridgehead atoms. The van der Waals surface area contributed by atoms with Crippen LogP contribution in [0.5, 0.6) is 0 Å². The van der Waals surface area contributed by atoms with Gasteiger partial charge in [0.05, 0.1) is 0 Å². The van der Waals surface area contributed by atoms with Gasteiger partial charge in [-0.1, -0.05) is 13.8 Å². The third kappa shape index (κ3) is 3.98. The van der Waals surface area contributed by atoms with E-state index in [1.54, 1.807) is 0 Å². The van der Waals surface area contributed by atoms with Crippen molar-refractivity contribution in [1.29, 1.82) is 0 Å². The van der Waals surface area contributed by atoms with Gasteiger partial charge in [0.25, 0.3) is 0 Å². The van der Waals surface area contributed by atoms with Gasteiger partial charge in [-0.05, 0) is 56.3 Å². The van der Waals surface area contributed by atoms with Gasteiger partial charge in [0.2, 0.25) is 5.91 Å². The van der Waals surface area contributed by atoms with E-state index in [0.29, 0.717) is 29.8 Å². The first-order valence-electron chi connectivity index (χ1n) is 7.49. The van der Waals surface area contributed by atoms with E-state index in [2.05, 4.69) is 19.2 Å². The van der Waals surface area contributed by atoms with Gasteiger partial charge in [-0.3, -0.25) is 4.79 Å². The number of rotatable bonds is 3. The maximum atomic E-state index is 12.0. The van der Waals surface area contributed by atoms with Crippen LogP contribution in [0.1, 0.15) is 65.2 Å². The Morgan fingerprint density at radius 1 is 1.22 bits per heavy atom. The van der Waals surface area contributed by atoms with Gasteiger partial charge in [0.1, 0.15) is 0 Å². The molecule has 2 saturated carbocycles. The van der Waals surface area contributed by atoms with Crippen molar-refractivity contribution in [2.75, 3.05) is 0 Å². The fourth-order valence-corrected chi connectivity index (χ4v) is 3.50. The maximum absolute atomic E-state index is 12.0. The van der Waals surface area contributed by atoms with E-state index in [0.717, 1.165) is 38.5 Å². The molecule has 0 aliphatic heterocycles. The number of hydrogen-bond donors (Lipinski definition) is 2. The van der Waals surface area contributed by atoms with Crippen molar-refractivity contribution in [3.05, 3.63) is 0 Å². The minimum atomic E-state index is 0.262. The molecule has 1 atom stereocenters. The zero-order valence-electron chi connectivity index (χ0n) is 11.9. The van der Waals surface area contributed by atoms with Crippen LogP contribution in [0.15, 0.2) is 0 Å². The second-order valence-electron chi connectivity index (χ2n) is 7.16. The van der Waals surface area contributed by atoms with Crippen molar-refractivity contribution in [3.63, 3.8) is 0 Å². The molecule has 2 rings (SSSR count). The lowest BCUT2D eigenvalue weighted by Crippen LogP contribution is -2.36. The van der Waals surface area contributed by atoms with Crippen LogP contribution in [0.4, 0.5) is 0 Å². The molecular weight excluding hydrogens is 224 g/mol. The summed E-state index contributed by atoms with van der Waals surface area (Å²) in [5.74, 6) is 0.831. The number of hydrogen-bond acceptors (Lipinski definition) is 2. The van der Waals surface area contributed by atoms with Crippen LogP contribution in [0.3, 0.4) is 0 Å². The predicted molar refractivity (Wildman–Crippen MR) is 74.1 cm³/mol. The molecule has 1 amide bonds. The van der Waals surface area contributed by atoms with Crippen LogP contribution in [-0.4, -0.2) is 18.0 Å². The summed E-state index contributed by atoms with van der Waals surface area (Å²) in [4.78, 5) is 12.0. The van der Waals surface area contributed by atoms with Crippen molar-refractivity contribution in [2.45, 2.75) is 77.3 Å². The smallest absolute Gasteiger partial charge is 0.220 e. The van der Waals surface area contributed by atoms with Crippen LogP contribution >= 0.6 is 0 Å². The average molecular weight is 252 g/mol. The Morgan fingerprint density at radius 3 is 2.44 bits per heavy atom. The molecule has 0 aromatic heterocycles. The molecule has 3 N–H and O–H groups in total. The number of nitrogens with one attached hydrogen (secondary N) is 1. The van der Waals surface area contributed by atoms with Crippen molar-refractivity contribution in [3.8, 4) is 0 Å². The number of nitrogens with two attached hydrogens (primary N) is 1. The molecule has 0 saturated heterocycles. The molecule has 0 aromatic carbocycles. The average Bonchev–Trinajstić information content (AvgIpc) is 2.61. The Balaban J connectivity index is 1.69. The summed E-state index contributed by atoms with van der Waals surface area (Å²) in [5.41, 5.74) is 6.30. The number of carbonyl (C=O) groups excluding carboxylic acids is 1. The highest BCUT2D eigenvalue weighted by Gasteiger charge is 2.32. The van der Waals surface area contributed by atoms with Crippen LogP contribution in [0, 0.1) is 11.3 Å². The highest BCUT2D eigenvalue weighted by Crippen LogP contribution is 2.37. The van der Waals surface area contributed by atoms with Crippen LogP contribution in [0.2, 0.25) is 0 Å². The largest absolute Gasteiger partial charge is 0.353 e. The summed E-state index contributed by atoms with van der Waals surface area (Å²) in [6, 6.07) is 0.790. The van der Waals surface area contributed by atoms with Crippen molar-refractivity contribution < 1.29 is 4.79 Å². The molecule has 3 heteroatoms. The van der Waals surface area contributed by atoms with E-state index in [1.165, 1.54) is 6.42 Å². The van der Waals surface area contributed by atoms with Gasteiger partial charge >= 0.3 is 0 Å². The van der Waals surface area contributed by atoms with Crippen molar-refractivity contribution in [2.24, 2.45) is 17.1 Å². The summed E-state index contributed by atoms with van der Waals surface area (Å²) in [7, 11) is 0. The first kappa shape index (κ1) is 13.9. The third-order valence-electron chi connectivity index (χ3n) is 4.70. The second kappa shape index (κ2) is 5.60. The molecule has 2 fully saturated rings. The topological polar surface area (TPSA) is 55.1 Å². The van der Waals surface area contributed by atoms with E-state index in [-0.39, 0.29) is 5.91 Å². The molecule has 0 aromatic rings. The highest BCUT2D eigenvalue weighted by atomic mass is 16.1. The van der Waals surface area contributed by atoms with E-state index < -0.39 is 0 Å². The summed E-state index contributed by atoms with van der Waals surface area (Å²) in [6.07, 6.45) is 8.67. The summed E-state index contributed by atoms with van der Waals surface area (Å²) in [6.45, 7) is 4.59. The molecule has 3 nitrogen and oxygen atoms in total. The Labute approximate surface area is 111 Å². The van der Waals surface area contributed by atoms with Gasteiger partial charge in [0.15, 0.2) is 0 Å². The monoisotopic (exact) mass is 252 g/mol. The lowest BCUT2D eigenvalue weighted by Gasteiger charge is -2.26. The number of carbonyl (C=O) groups is 1. The molecular formula is C15H28N2O. The number of amides is 1. The Bertz CT molecular complexity index is 293. The highest BCUT2D eigenvalue weighted by molar-refractivity contribution is 5.76. The van der Waals surface area contributed by atoms with Gasteiger partial charge in [0, 0.05) is 18.5 Å². The van der Waals surface area contributed by atoms with Gasteiger partial charge in [-0.2, -0.15) is 0 Å². The minimum absolute atomic E-state index is 0.262. The van der Waals surface area contributed by atoms with Crippen LogP contribution in [0.25, 0.3) is 0 Å². The van der Waals surface area contributed by atoms with Crippen molar-refractivity contribution in [1.82, 2.24) is 5.32 Å². The molecule has 0 heterocycles. The minimum Gasteiger partial charge on any atom is -0.353 e. The first-order chi connectivity index (χ1) is 8.44. The molecule has 0 spiro atoms. The summed E-state index contributed by atoms with van der Waals surface area (Å²) in [5, 5.41) is 3.22. The van der Waals surface area contributed by atoms with Crippen LogP contribution in [-0.2, 0) is 4.79 Å². The zero-order valence-corrected chi connectivity index (χ0v) is 11.9. The quantitative estimate of drug-likeness (QED) is 0.811. The molecule has 0 radical (unpaired) electrons. The van der Waals surface area contributed by atoms with Gasteiger partial charge in [-0.15, -0.1) is 0 Å². The molecule has 18 heavy (non-hydrogen) atoms. The third-order valence-corrected chi connectivity index (χ3v) is 4.70. The van der Waals surface area contributed by atoms with E-state index in [1.807, 2.05) is 0 Å². The van der Waals surface area contributed by atoms with E-state index in [9.17, 15) is 4.79 Å². The van der Waals surface area contributed by atoms with Gasteiger partial charge < -0.3 is 11.1 Å². The Morgan fingerprint density at radius 2 is 1.89 bits per heavy atom. The predicted octanol–water partition coefficient (Wildman–Crippen LogP) is 2.59. The molecule has 2 aliphatic rings. The fourth-order valence-electron chi connectivity index (χ4n) is 3.50.